The average Bonchev–Trinajstić information content (AvgIpc) is 2.35. The van der Waals surface area contributed by atoms with E-state index in [-0.39, 0.29) is 12.5 Å². The number of ether oxygens (including phenoxy) is 1. The number of likely N-dealkylation sites (N-methyl/N-ethyl adjacent to an activating group) is 1. The van der Waals surface area contributed by atoms with Crippen LogP contribution in [0.15, 0.2) is 36.9 Å². The smallest absolute Gasteiger partial charge is 0.260 e. The van der Waals surface area contributed by atoms with Gasteiger partial charge in [0.05, 0.1) is 0 Å². The molecule has 0 aliphatic rings. The quantitative estimate of drug-likeness (QED) is 0.706. The second-order valence-corrected chi connectivity index (χ2v) is 3.82. The summed E-state index contributed by atoms with van der Waals surface area (Å²) in [5.74, 6) is 0.701. The SMILES string of the molecule is C=CCN(CC)C(=O)COc1ccc(C)cc1. The molecular weight excluding hydrogens is 214 g/mol. The number of nitrogens with zero attached hydrogens (tertiary/aromatic N) is 1. The zero-order chi connectivity index (χ0) is 12.7. The predicted molar refractivity (Wildman–Crippen MR) is 69.1 cm³/mol. The second kappa shape index (κ2) is 6.74. The normalized spacial score (nSPS) is 9.76. The molecule has 0 radical (unpaired) electrons. The first-order chi connectivity index (χ1) is 8.17. The van der Waals surface area contributed by atoms with Gasteiger partial charge < -0.3 is 9.64 Å². The van der Waals surface area contributed by atoms with Gasteiger partial charge >= 0.3 is 0 Å². The highest BCUT2D eigenvalue weighted by atomic mass is 16.5. The molecule has 1 rings (SSSR count). The minimum absolute atomic E-state index is 0.0204. The highest BCUT2D eigenvalue weighted by molar-refractivity contribution is 5.77. The lowest BCUT2D eigenvalue weighted by atomic mass is 10.2. The van der Waals surface area contributed by atoms with E-state index in [0.717, 1.165) is 5.75 Å². The van der Waals surface area contributed by atoms with E-state index in [0.29, 0.717) is 13.1 Å². The van der Waals surface area contributed by atoms with Crippen molar-refractivity contribution >= 4 is 5.91 Å². The Kier molecular flexibility index (Phi) is 5.27. The molecule has 1 aromatic rings. The first-order valence-corrected chi connectivity index (χ1v) is 5.75. The van der Waals surface area contributed by atoms with Gasteiger partial charge in [-0.1, -0.05) is 23.8 Å². The first kappa shape index (κ1) is 13.3. The fourth-order valence-electron chi connectivity index (χ4n) is 1.43. The zero-order valence-corrected chi connectivity index (χ0v) is 10.5. The van der Waals surface area contributed by atoms with Gasteiger partial charge in [0.2, 0.25) is 0 Å². The lowest BCUT2D eigenvalue weighted by molar-refractivity contribution is -0.132. The number of rotatable bonds is 6. The Morgan fingerprint density at radius 2 is 2.06 bits per heavy atom. The minimum atomic E-state index is -0.0204. The Bertz CT molecular complexity index is 370. The summed E-state index contributed by atoms with van der Waals surface area (Å²) in [6, 6.07) is 7.65. The van der Waals surface area contributed by atoms with Crippen LogP contribution >= 0.6 is 0 Å². The Morgan fingerprint density at radius 1 is 1.41 bits per heavy atom. The van der Waals surface area contributed by atoms with Gasteiger partial charge in [0.15, 0.2) is 6.61 Å². The van der Waals surface area contributed by atoms with E-state index in [1.807, 2.05) is 38.1 Å². The standard InChI is InChI=1S/C14H19NO2/c1-4-10-15(5-2)14(16)11-17-13-8-6-12(3)7-9-13/h4,6-9H,1,5,10-11H2,2-3H3. The summed E-state index contributed by atoms with van der Waals surface area (Å²) in [5, 5.41) is 0. The Balaban J connectivity index is 2.46. The van der Waals surface area contributed by atoms with Crippen LogP contribution < -0.4 is 4.74 Å². The van der Waals surface area contributed by atoms with Crippen LogP contribution in [0.1, 0.15) is 12.5 Å². The van der Waals surface area contributed by atoms with Gasteiger partial charge in [0, 0.05) is 13.1 Å². The molecule has 92 valence electrons. The van der Waals surface area contributed by atoms with Crippen molar-refractivity contribution in [3.05, 3.63) is 42.5 Å². The lowest BCUT2D eigenvalue weighted by Crippen LogP contribution is -2.34. The van der Waals surface area contributed by atoms with E-state index < -0.39 is 0 Å². The molecule has 0 N–H and O–H groups in total. The topological polar surface area (TPSA) is 29.5 Å². The summed E-state index contributed by atoms with van der Waals surface area (Å²) in [6.45, 7) is 8.88. The number of carbonyl (C=O) groups is 1. The molecule has 0 saturated carbocycles. The van der Waals surface area contributed by atoms with Gasteiger partial charge in [-0.2, -0.15) is 0 Å². The van der Waals surface area contributed by atoms with Crippen LogP contribution in [0.5, 0.6) is 5.75 Å². The second-order valence-electron chi connectivity index (χ2n) is 3.82. The monoisotopic (exact) mass is 233 g/mol. The number of carbonyl (C=O) groups excluding carboxylic acids is 1. The molecule has 0 unspecified atom stereocenters. The lowest BCUT2D eigenvalue weighted by Gasteiger charge is -2.18. The van der Waals surface area contributed by atoms with E-state index in [4.69, 9.17) is 4.74 Å². The summed E-state index contributed by atoms with van der Waals surface area (Å²) in [7, 11) is 0. The average molecular weight is 233 g/mol. The predicted octanol–water partition coefficient (Wildman–Crippen LogP) is 2.41. The van der Waals surface area contributed by atoms with Crippen LogP contribution in [0.3, 0.4) is 0 Å². The fraction of sp³-hybridized carbons (Fsp3) is 0.357. The summed E-state index contributed by atoms with van der Waals surface area (Å²) >= 11 is 0. The number of hydrogen-bond acceptors (Lipinski definition) is 2. The largest absolute Gasteiger partial charge is 0.484 e. The van der Waals surface area contributed by atoms with Crippen LogP contribution in [0, 0.1) is 6.92 Å². The van der Waals surface area contributed by atoms with Crippen LogP contribution in [-0.4, -0.2) is 30.5 Å². The molecule has 0 aromatic heterocycles. The third-order valence-electron chi connectivity index (χ3n) is 2.47. The van der Waals surface area contributed by atoms with Crippen molar-refractivity contribution in [1.82, 2.24) is 4.90 Å². The van der Waals surface area contributed by atoms with Crippen LogP contribution in [0.4, 0.5) is 0 Å². The highest BCUT2D eigenvalue weighted by Gasteiger charge is 2.10. The molecule has 17 heavy (non-hydrogen) atoms. The number of hydrogen-bond donors (Lipinski definition) is 0. The van der Waals surface area contributed by atoms with E-state index in [9.17, 15) is 4.79 Å². The van der Waals surface area contributed by atoms with E-state index in [2.05, 4.69) is 6.58 Å². The van der Waals surface area contributed by atoms with E-state index >= 15 is 0 Å². The first-order valence-electron chi connectivity index (χ1n) is 5.75. The Morgan fingerprint density at radius 3 is 2.59 bits per heavy atom. The number of benzene rings is 1. The molecule has 0 bridgehead atoms. The van der Waals surface area contributed by atoms with Gasteiger partial charge in [0.1, 0.15) is 5.75 Å². The zero-order valence-electron chi connectivity index (χ0n) is 10.5. The van der Waals surface area contributed by atoms with Crippen molar-refractivity contribution in [3.8, 4) is 5.75 Å². The summed E-state index contributed by atoms with van der Waals surface area (Å²) in [6.07, 6.45) is 1.72. The molecule has 3 heteroatoms. The molecule has 0 aliphatic heterocycles. The molecule has 1 amide bonds. The molecule has 0 aliphatic carbocycles. The molecule has 0 fully saturated rings. The van der Waals surface area contributed by atoms with Gasteiger partial charge in [-0.05, 0) is 26.0 Å². The minimum Gasteiger partial charge on any atom is -0.484 e. The fourth-order valence-corrected chi connectivity index (χ4v) is 1.43. The molecule has 0 spiro atoms. The molecular formula is C14H19NO2. The van der Waals surface area contributed by atoms with Crippen molar-refractivity contribution in [2.45, 2.75) is 13.8 Å². The maximum atomic E-state index is 11.8. The number of amides is 1. The molecule has 3 nitrogen and oxygen atoms in total. The maximum absolute atomic E-state index is 11.8. The molecule has 0 saturated heterocycles. The van der Waals surface area contributed by atoms with Crippen LogP contribution in [0.25, 0.3) is 0 Å². The van der Waals surface area contributed by atoms with Crippen molar-refractivity contribution < 1.29 is 9.53 Å². The molecule has 0 heterocycles. The third-order valence-corrected chi connectivity index (χ3v) is 2.47. The molecule has 1 aromatic carbocycles. The third kappa shape index (κ3) is 4.31. The van der Waals surface area contributed by atoms with Crippen LogP contribution in [0.2, 0.25) is 0 Å². The van der Waals surface area contributed by atoms with Gasteiger partial charge in [0.25, 0.3) is 5.91 Å². The summed E-state index contributed by atoms with van der Waals surface area (Å²) in [5.41, 5.74) is 1.17. The van der Waals surface area contributed by atoms with Gasteiger partial charge in [-0.3, -0.25) is 4.79 Å². The van der Waals surface area contributed by atoms with Crippen molar-refractivity contribution in [3.63, 3.8) is 0 Å². The molecule has 0 atom stereocenters. The van der Waals surface area contributed by atoms with Crippen LogP contribution in [-0.2, 0) is 4.79 Å². The Hall–Kier alpha value is -1.77. The maximum Gasteiger partial charge on any atom is 0.260 e. The Labute approximate surface area is 103 Å². The highest BCUT2D eigenvalue weighted by Crippen LogP contribution is 2.11. The van der Waals surface area contributed by atoms with E-state index in [1.165, 1.54) is 5.56 Å². The van der Waals surface area contributed by atoms with Gasteiger partial charge in [-0.15, -0.1) is 6.58 Å². The van der Waals surface area contributed by atoms with Crippen molar-refractivity contribution in [2.24, 2.45) is 0 Å². The van der Waals surface area contributed by atoms with Crippen molar-refractivity contribution in [2.75, 3.05) is 19.7 Å². The van der Waals surface area contributed by atoms with E-state index in [1.54, 1.807) is 11.0 Å². The summed E-state index contributed by atoms with van der Waals surface area (Å²) in [4.78, 5) is 13.5. The summed E-state index contributed by atoms with van der Waals surface area (Å²) < 4.78 is 5.43. The van der Waals surface area contributed by atoms with Crippen molar-refractivity contribution in [1.29, 1.82) is 0 Å². The van der Waals surface area contributed by atoms with Gasteiger partial charge in [-0.25, -0.2) is 0 Å². The number of aryl methyl sites for hydroxylation is 1.